The molecule has 28 heavy (non-hydrogen) atoms. The molecule has 2 aromatic heterocycles. The van der Waals surface area contributed by atoms with E-state index < -0.39 is 0 Å². The van der Waals surface area contributed by atoms with Gasteiger partial charge in [-0.05, 0) is 38.5 Å². The first kappa shape index (κ1) is 19.3. The second-order valence-corrected chi connectivity index (χ2v) is 6.44. The van der Waals surface area contributed by atoms with E-state index in [1.54, 1.807) is 36.1 Å². The molecule has 3 rings (SSSR count). The predicted molar refractivity (Wildman–Crippen MR) is 106 cm³/mol. The highest BCUT2D eigenvalue weighted by atomic mass is 16.5. The molecule has 1 N–H and O–H groups in total. The minimum Gasteiger partial charge on any atom is -0.497 e. The van der Waals surface area contributed by atoms with Crippen LogP contribution >= 0.6 is 0 Å². The van der Waals surface area contributed by atoms with Crippen molar-refractivity contribution >= 4 is 11.6 Å². The summed E-state index contributed by atoms with van der Waals surface area (Å²) in [6.07, 6.45) is 0.610. The largest absolute Gasteiger partial charge is 0.497 e. The van der Waals surface area contributed by atoms with Crippen molar-refractivity contribution in [1.29, 1.82) is 0 Å². The molecule has 0 saturated heterocycles. The molecule has 1 amide bonds. The number of carbonyl (C=O) groups excluding carboxylic acids is 1. The van der Waals surface area contributed by atoms with Crippen molar-refractivity contribution in [1.82, 2.24) is 19.3 Å². The van der Waals surface area contributed by atoms with Gasteiger partial charge in [0, 0.05) is 29.2 Å². The summed E-state index contributed by atoms with van der Waals surface area (Å²) in [6, 6.07) is 10.4. The molecule has 0 fully saturated rings. The van der Waals surface area contributed by atoms with Gasteiger partial charge in [-0.25, -0.2) is 9.67 Å². The maximum atomic E-state index is 12.7. The smallest absolute Gasteiger partial charge is 0.255 e. The van der Waals surface area contributed by atoms with E-state index in [0.29, 0.717) is 29.5 Å². The van der Waals surface area contributed by atoms with Crippen molar-refractivity contribution in [3.63, 3.8) is 0 Å². The van der Waals surface area contributed by atoms with Crippen LogP contribution in [0.3, 0.4) is 0 Å². The lowest BCUT2D eigenvalue weighted by Gasteiger charge is -2.14. The van der Waals surface area contributed by atoms with Crippen LogP contribution in [0.15, 0.2) is 41.2 Å². The number of ether oxygens (including phenoxy) is 1. The molecule has 0 spiro atoms. The quantitative estimate of drug-likeness (QED) is 0.707. The number of methoxy groups -OCH3 is 1. The van der Waals surface area contributed by atoms with Gasteiger partial charge in [0.25, 0.3) is 5.56 Å². The Kier molecular flexibility index (Phi) is 5.58. The van der Waals surface area contributed by atoms with Gasteiger partial charge < -0.3 is 10.1 Å². The van der Waals surface area contributed by atoms with Crippen molar-refractivity contribution in [2.24, 2.45) is 0 Å². The van der Waals surface area contributed by atoms with E-state index in [1.165, 1.54) is 10.6 Å². The summed E-state index contributed by atoms with van der Waals surface area (Å²) < 4.78 is 8.08. The zero-order valence-corrected chi connectivity index (χ0v) is 16.4. The van der Waals surface area contributed by atoms with Crippen molar-refractivity contribution in [2.75, 3.05) is 12.4 Å². The van der Waals surface area contributed by atoms with Crippen LogP contribution < -0.4 is 15.6 Å². The fourth-order valence-corrected chi connectivity index (χ4v) is 2.91. The molecular weight excluding hydrogens is 358 g/mol. The number of hydrogen-bond acceptors (Lipinski definition) is 5. The number of amides is 1. The van der Waals surface area contributed by atoms with Gasteiger partial charge in [0.2, 0.25) is 11.9 Å². The van der Waals surface area contributed by atoms with Crippen molar-refractivity contribution in [3.05, 3.63) is 63.8 Å². The van der Waals surface area contributed by atoms with Crippen LogP contribution in [0.2, 0.25) is 0 Å². The fourth-order valence-electron chi connectivity index (χ4n) is 2.91. The van der Waals surface area contributed by atoms with Gasteiger partial charge >= 0.3 is 0 Å². The Labute approximate surface area is 162 Å². The van der Waals surface area contributed by atoms with E-state index >= 15 is 0 Å². The maximum Gasteiger partial charge on any atom is 0.255 e. The zero-order chi connectivity index (χ0) is 20.3. The molecule has 0 aliphatic carbocycles. The van der Waals surface area contributed by atoms with E-state index in [1.807, 2.05) is 26.8 Å². The third-order valence-corrected chi connectivity index (χ3v) is 4.26. The standard InChI is InChI=1S/C20H23N5O3/c1-5-15-11-19(27)24(20(22-15)25-14(3)9-13(2)23-25)12-18(26)21-16-7-6-8-17(10-16)28-4/h6-11H,5,12H2,1-4H3,(H,21,26). The van der Waals surface area contributed by atoms with E-state index in [2.05, 4.69) is 15.4 Å². The van der Waals surface area contributed by atoms with Crippen LogP contribution in [0.25, 0.3) is 5.95 Å². The molecule has 8 heteroatoms. The van der Waals surface area contributed by atoms with E-state index in [0.717, 1.165) is 11.4 Å². The minimum absolute atomic E-state index is 0.180. The SMILES string of the molecule is CCc1cc(=O)n(CC(=O)Nc2cccc(OC)c2)c(-n2nc(C)cc2C)n1. The molecule has 0 atom stereocenters. The number of aryl methyl sites for hydroxylation is 3. The van der Waals surface area contributed by atoms with Crippen LogP contribution in [0.5, 0.6) is 5.75 Å². The Morgan fingerprint density at radius 2 is 2.00 bits per heavy atom. The number of rotatable bonds is 6. The Morgan fingerprint density at radius 3 is 2.64 bits per heavy atom. The molecule has 0 aliphatic rings. The lowest BCUT2D eigenvalue weighted by molar-refractivity contribution is -0.116. The van der Waals surface area contributed by atoms with Crippen LogP contribution in [0, 0.1) is 13.8 Å². The van der Waals surface area contributed by atoms with Crippen LogP contribution in [-0.2, 0) is 17.8 Å². The summed E-state index contributed by atoms with van der Waals surface area (Å²) in [7, 11) is 1.56. The molecule has 2 heterocycles. The lowest BCUT2D eigenvalue weighted by atomic mass is 10.3. The van der Waals surface area contributed by atoms with Crippen molar-refractivity contribution in [2.45, 2.75) is 33.7 Å². The average Bonchev–Trinajstić information content (AvgIpc) is 3.01. The highest BCUT2D eigenvalue weighted by Gasteiger charge is 2.16. The Balaban J connectivity index is 1.95. The first-order chi connectivity index (χ1) is 13.4. The summed E-state index contributed by atoms with van der Waals surface area (Å²) in [5.74, 6) is 0.618. The van der Waals surface area contributed by atoms with E-state index in [9.17, 15) is 9.59 Å². The molecule has 0 radical (unpaired) electrons. The third kappa shape index (κ3) is 4.11. The van der Waals surface area contributed by atoms with Gasteiger partial charge in [-0.2, -0.15) is 5.10 Å². The van der Waals surface area contributed by atoms with Gasteiger partial charge in [-0.15, -0.1) is 0 Å². The molecular formula is C20H23N5O3. The summed E-state index contributed by atoms with van der Waals surface area (Å²) in [4.78, 5) is 29.8. The monoisotopic (exact) mass is 381 g/mol. The number of benzene rings is 1. The van der Waals surface area contributed by atoms with Gasteiger partial charge in [0.05, 0.1) is 12.8 Å². The number of carbonyl (C=O) groups is 1. The van der Waals surface area contributed by atoms with Crippen LogP contribution in [0.1, 0.15) is 24.0 Å². The predicted octanol–water partition coefficient (Wildman–Crippen LogP) is 2.26. The van der Waals surface area contributed by atoms with Crippen molar-refractivity contribution in [3.8, 4) is 11.7 Å². The lowest BCUT2D eigenvalue weighted by Crippen LogP contribution is -2.32. The second-order valence-electron chi connectivity index (χ2n) is 6.44. The number of nitrogens with zero attached hydrogens (tertiary/aromatic N) is 4. The fraction of sp³-hybridized carbons (Fsp3) is 0.300. The maximum absolute atomic E-state index is 12.7. The second kappa shape index (κ2) is 8.08. The van der Waals surface area contributed by atoms with Gasteiger partial charge in [0.1, 0.15) is 12.3 Å². The van der Waals surface area contributed by atoms with Crippen LogP contribution in [0.4, 0.5) is 5.69 Å². The number of anilines is 1. The highest BCUT2D eigenvalue weighted by Crippen LogP contribution is 2.17. The highest BCUT2D eigenvalue weighted by molar-refractivity contribution is 5.90. The summed E-state index contributed by atoms with van der Waals surface area (Å²) >= 11 is 0. The summed E-state index contributed by atoms with van der Waals surface area (Å²) in [5, 5.41) is 7.20. The molecule has 146 valence electrons. The van der Waals surface area contributed by atoms with Crippen molar-refractivity contribution < 1.29 is 9.53 Å². The Morgan fingerprint density at radius 1 is 1.21 bits per heavy atom. The summed E-state index contributed by atoms with van der Waals surface area (Å²) in [5.41, 5.74) is 2.58. The topological polar surface area (TPSA) is 91.0 Å². The van der Waals surface area contributed by atoms with E-state index in [-0.39, 0.29) is 18.0 Å². The molecule has 3 aromatic rings. The molecule has 1 aromatic carbocycles. The average molecular weight is 381 g/mol. The zero-order valence-electron chi connectivity index (χ0n) is 16.4. The van der Waals surface area contributed by atoms with Gasteiger partial charge in [-0.3, -0.25) is 14.2 Å². The molecule has 0 aliphatic heterocycles. The molecule has 0 saturated carbocycles. The molecule has 0 unspecified atom stereocenters. The summed E-state index contributed by atoms with van der Waals surface area (Å²) in [6.45, 7) is 5.49. The normalized spacial score (nSPS) is 10.7. The number of aromatic nitrogens is 4. The minimum atomic E-state index is -0.343. The van der Waals surface area contributed by atoms with Gasteiger partial charge in [0.15, 0.2) is 0 Å². The molecule has 0 bridgehead atoms. The van der Waals surface area contributed by atoms with Crippen LogP contribution in [-0.4, -0.2) is 32.3 Å². The third-order valence-electron chi connectivity index (χ3n) is 4.26. The number of nitrogens with one attached hydrogen (secondary N) is 1. The van der Waals surface area contributed by atoms with E-state index in [4.69, 9.17) is 4.74 Å². The Bertz CT molecular complexity index is 1070. The number of hydrogen-bond donors (Lipinski definition) is 1. The first-order valence-electron chi connectivity index (χ1n) is 8.99. The Hall–Kier alpha value is -3.42. The van der Waals surface area contributed by atoms with Gasteiger partial charge in [-0.1, -0.05) is 13.0 Å². The molecule has 8 nitrogen and oxygen atoms in total. The first-order valence-corrected chi connectivity index (χ1v) is 8.99.